The molecular formula is C22H19FN2O3. The SMILES string of the molecule is O=C(CC(=O)Nc1ccccc1Oc1ccccc1)NCc1ccc(F)cc1. The fourth-order valence-corrected chi connectivity index (χ4v) is 2.48. The number of carbonyl (C=O) groups is 2. The van der Waals surface area contributed by atoms with Gasteiger partial charge in [0, 0.05) is 6.54 Å². The molecule has 0 radical (unpaired) electrons. The lowest BCUT2D eigenvalue weighted by atomic mass is 10.2. The normalized spacial score (nSPS) is 10.2. The first-order chi connectivity index (χ1) is 13.6. The molecule has 0 saturated heterocycles. The van der Waals surface area contributed by atoms with E-state index in [4.69, 9.17) is 4.74 Å². The van der Waals surface area contributed by atoms with Crippen molar-refractivity contribution in [3.05, 3.63) is 90.2 Å². The molecule has 3 aromatic carbocycles. The Hall–Kier alpha value is -3.67. The Bertz CT molecular complexity index is 944. The molecule has 3 rings (SSSR count). The summed E-state index contributed by atoms with van der Waals surface area (Å²) in [6.45, 7) is 0.222. The molecule has 0 unspecified atom stereocenters. The molecule has 0 saturated carbocycles. The number of anilines is 1. The number of ether oxygens (including phenoxy) is 1. The number of hydrogen-bond donors (Lipinski definition) is 2. The molecule has 142 valence electrons. The van der Waals surface area contributed by atoms with Gasteiger partial charge >= 0.3 is 0 Å². The summed E-state index contributed by atoms with van der Waals surface area (Å²) in [4.78, 5) is 24.2. The number of rotatable bonds is 7. The molecule has 2 N–H and O–H groups in total. The Balaban J connectivity index is 1.54. The predicted octanol–water partition coefficient (Wildman–Crippen LogP) is 4.26. The van der Waals surface area contributed by atoms with Gasteiger partial charge < -0.3 is 15.4 Å². The third-order valence-electron chi connectivity index (χ3n) is 3.86. The smallest absolute Gasteiger partial charge is 0.233 e. The van der Waals surface area contributed by atoms with E-state index in [2.05, 4.69) is 10.6 Å². The first kappa shape index (κ1) is 19.1. The summed E-state index contributed by atoms with van der Waals surface area (Å²) in [7, 11) is 0. The zero-order valence-electron chi connectivity index (χ0n) is 15.0. The van der Waals surface area contributed by atoms with Crippen LogP contribution in [0.25, 0.3) is 0 Å². The lowest BCUT2D eigenvalue weighted by Gasteiger charge is -2.12. The number of carbonyl (C=O) groups excluding carboxylic acids is 2. The number of halogens is 1. The van der Waals surface area contributed by atoms with Crippen molar-refractivity contribution < 1.29 is 18.7 Å². The van der Waals surface area contributed by atoms with Crippen LogP contribution in [0.1, 0.15) is 12.0 Å². The van der Waals surface area contributed by atoms with Gasteiger partial charge in [0.2, 0.25) is 11.8 Å². The quantitative estimate of drug-likeness (QED) is 0.604. The second-order valence-electron chi connectivity index (χ2n) is 6.04. The molecule has 0 aromatic heterocycles. The molecule has 28 heavy (non-hydrogen) atoms. The van der Waals surface area contributed by atoms with E-state index >= 15 is 0 Å². The third kappa shape index (κ3) is 5.67. The van der Waals surface area contributed by atoms with Crippen LogP contribution in [0.5, 0.6) is 11.5 Å². The molecule has 5 nitrogen and oxygen atoms in total. The molecule has 6 heteroatoms. The van der Waals surface area contributed by atoms with E-state index < -0.39 is 11.8 Å². The predicted molar refractivity (Wildman–Crippen MR) is 104 cm³/mol. The fourth-order valence-electron chi connectivity index (χ4n) is 2.48. The van der Waals surface area contributed by atoms with Crippen molar-refractivity contribution >= 4 is 17.5 Å². The number of amides is 2. The van der Waals surface area contributed by atoms with Gasteiger partial charge in [-0.2, -0.15) is 0 Å². The van der Waals surface area contributed by atoms with Gasteiger partial charge in [-0.15, -0.1) is 0 Å². The highest BCUT2D eigenvalue weighted by molar-refractivity contribution is 6.04. The zero-order valence-corrected chi connectivity index (χ0v) is 15.0. The van der Waals surface area contributed by atoms with E-state index in [9.17, 15) is 14.0 Å². The van der Waals surface area contributed by atoms with Gasteiger partial charge in [0.05, 0.1) is 5.69 Å². The van der Waals surface area contributed by atoms with E-state index in [1.54, 1.807) is 36.4 Å². The van der Waals surface area contributed by atoms with Crippen LogP contribution in [0.2, 0.25) is 0 Å². The number of para-hydroxylation sites is 3. The molecular weight excluding hydrogens is 359 g/mol. The average Bonchev–Trinajstić information content (AvgIpc) is 2.70. The van der Waals surface area contributed by atoms with E-state index in [1.807, 2.05) is 30.3 Å². The zero-order chi connectivity index (χ0) is 19.8. The van der Waals surface area contributed by atoms with Crippen molar-refractivity contribution in [2.24, 2.45) is 0 Å². The van der Waals surface area contributed by atoms with Crippen LogP contribution < -0.4 is 15.4 Å². The first-order valence-electron chi connectivity index (χ1n) is 8.73. The number of hydrogen-bond acceptors (Lipinski definition) is 3. The Morgan fingerprint density at radius 3 is 2.25 bits per heavy atom. The largest absolute Gasteiger partial charge is 0.455 e. The molecule has 0 heterocycles. The minimum atomic E-state index is -0.458. The van der Waals surface area contributed by atoms with Gasteiger partial charge in [0.1, 0.15) is 18.0 Å². The molecule has 2 amide bonds. The average molecular weight is 378 g/mol. The maximum absolute atomic E-state index is 12.9. The van der Waals surface area contributed by atoms with Crippen molar-refractivity contribution in [1.29, 1.82) is 0 Å². The standard InChI is InChI=1S/C22H19FN2O3/c23-17-12-10-16(11-13-17)15-24-21(26)14-22(27)25-19-8-4-5-9-20(19)28-18-6-2-1-3-7-18/h1-13H,14-15H2,(H,24,26)(H,25,27). The second kappa shape index (κ2) is 9.32. The maximum Gasteiger partial charge on any atom is 0.233 e. The molecule has 0 atom stereocenters. The van der Waals surface area contributed by atoms with Gasteiger partial charge in [0.25, 0.3) is 0 Å². The molecule has 3 aromatic rings. The van der Waals surface area contributed by atoms with Crippen LogP contribution in [-0.2, 0) is 16.1 Å². The van der Waals surface area contributed by atoms with E-state index in [0.29, 0.717) is 17.2 Å². The number of nitrogens with one attached hydrogen (secondary N) is 2. The Morgan fingerprint density at radius 1 is 0.821 bits per heavy atom. The fraction of sp³-hybridized carbons (Fsp3) is 0.0909. The highest BCUT2D eigenvalue weighted by Crippen LogP contribution is 2.29. The Morgan fingerprint density at radius 2 is 1.50 bits per heavy atom. The second-order valence-corrected chi connectivity index (χ2v) is 6.04. The van der Waals surface area contributed by atoms with Crippen LogP contribution in [0.3, 0.4) is 0 Å². The van der Waals surface area contributed by atoms with Crippen molar-refractivity contribution in [2.75, 3.05) is 5.32 Å². The first-order valence-corrected chi connectivity index (χ1v) is 8.73. The summed E-state index contributed by atoms with van der Waals surface area (Å²) in [6, 6.07) is 22.0. The van der Waals surface area contributed by atoms with Gasteiger partial charge in [-0.3, -0.25) is 9.59 Å². The van der Waals surface area contributed by atoms with Gasteiger partial charge in [0.15, 0.2) is 5.75 Å². The van der Waals surface area contributed by atoms with Crippen molar-refractivity contribution in [3.63, 3.8) is 0 Å². The van der Waals surface area contributed by atoms with Crippen molar-refractivity contribution in [2.45, 2.75) is 13.0 Å². The van der Waals surface area contributed by atoms with Crippen LogP contribution in [0.4, 0.5) is 10.1 Å². The minimum absolute atomic E-state index is 0.222. The summed E-state index contributed by atoms with van der Waals surface area (Å²) in [6.07, 6.45) is -0.332. The molecule has 0 aliphatic heterocycles. The van der Waals surface area contributed by atoms with E-state index in [0.717, 1.165) is 5.56 Å². The summed E-state index contributed by atoms with van der Waals surface area (Å²) in [5, 5.41) is 5.33. The molecule has 0 fully saturated rings. The van der Waals surface area contributed by atoms with Crippen molar-refractivity contribution in [3.8, 4) is 11.5 Å². The van der Waals surface area contributed by atoms with Gasteiger partial charge in [-0.25, -0.2) is 4.39 Å². The highest BCUT2D eigenvalue weighted by Gasteiger charge is 2.12. The lowest BCUT2D eigenvalue weighted by molar-refractivity contribution is -0.126. The van der Waals surface area contributed by atoms with Crippen molar-refractivity contribution in [1.82, 2.24) is 5.32 Å². The van der Waals surface area contributed by atoms with E-state index in [-0.39, 0.29) is 18.8 Å². The van der Waals surface area contributed by atoms with Crippen LogP contribution >= 0.6 is 0 Å². The minimum Gasteiger partial charge on any atom is -0.455 e. The third-order valence-corrected chi connectivity index (χ3v) is 3.86. The Kier molecular flexibility index (Phi) is 6.36. The molecule has 0 aliphatic rings. The molecule has 0 bridgehead atoms. The topological polar surface area (TPSA) is 67.4 Å². The monoisotopic (exact) mass is 378 g/mol. The highest BCUT2D eigenvalue weighted by atomic mass is 19.1. The van der Waals surface area contributed by atoms with Crippen LogP contribution in [0.15, 0.2) is 78.9 Å². The summed E-state index contributed by atoms with van der Waals surface area (Å²) < 4.78 is 18.7. The van der Waals surface area contributed by atoms with Crippen LogP contribution in [-0.4, -0.2) is 11.8 Å². The van der Waals surface area contributed by atoms with Crippen LogP contribution in [0, 0.1) is 5.82 Å². The van der Waals surface area contributed by atoms with Gasteiger partial charge in [-0.1, -0.05) is 42.5 Å². The maximum atomic E-state index is 12.9. The summed E-state index contributed by atoms with van der Waals surface area (Å²) in [5.41, 5.74) is 1.22. The molecule has 0 aliphatic carbocycles. The Labute approximate surface area is 162 Å². The summed E-state index contributed by atoms with van der Waals surface area (Å²) >= 11 is 0. The van der Waals surface area contributed by atoms with E-state index in [1.165, 1.54) is 12.1 Å². The number of benzene rings is 3. The lowest BCUT2D eigenvalue weighted by Crippen LogP contribution is -2.27. The summed E-state index contributed by atoms with van der Waals surface area (Å²) in [5.74, 6) is -0.107. The molecule has 0 spiro atoms. The van der Waals surface area contributed by atoms with Gasteiger partial charge in [-0.05, 0) is 42.0 Å².